The highest BCUT2D eigenvalue weighted by Gasteiger charge is 2.43. The van der Waals surface area contributed by atoms with Gasteiger partial charge in [-0.1, -0.05) is 19.1 Å². The average Bonchev–Trinajstić information content (AvgIpc) is 3.33. The summed E-state index contributed by atoms with van der Waals surface area (Å²) in [6, 6.07) is 4.89. The molecule has 3 aliphatic rings. The van der Waals surface area contributed by atoms with Crippen LogP contribution in [0.2, 0.25) is 0 Å². The maximum atomic E-state index is 13.9. The van der Waals surface area contributed by atoms with Crippen molar-refractivity contribution in [3.63, 3.8) is 0 Å². The van der Waals surface area contributed by atoms with Crippen LogP contribution in [0.3, 0.4) is 0 Å². The third-order valence-electron chi connectivity index (χ3n) is 8.38. The molecule has 1 aromatic heterocycles. The number of aliphatic hydroxyl groups is 1. The maximum Gasteiger partial charge on any atom is 0.416 e. The van der Waals surface area contributed by atoms with E-state index in [1.54, 1.807) is 6.92 Å². The minimum atomic E-state index is -4.42. The van der Waals surface area contributed by atoms with Gasteiger partial charge < -0.3 is 20.2 Å². The quantitative estimate of drug-likeness (QED) is 0.617. The van der Waals surface area contributed by atoms with Crippen LogP contribution in [-0.2, 0) is 16.6 Å². The van der Waals surface area contributed by atoms with Gasteiger partial charge in [0.25, 0.3) is 0 Å². The number of fused-ring (bicyclic) bond motifs is 1. The first-order valence-corrected chi connectivity index (χ1v) is 13.3. The van der Waals surface area contributed by atoms with Crippen LogP contribution in [0.25, 0.3) is 0 Å². The van der Waals surface area contributed by atoms with Crippen LogP contribution in [0.4, 0.5) is 19.0 Å². The van der Waals surface area contributed by atoms with E-state index >= 15 is 0 Å². The van der Waals surface area contributed by atoms with E-state index in [2.05, 4.69) is 41.0 Å². The number of amides is 1. The molecule has 10 heteroatoms. The Bertz CT molecular complexity index is 1190. The largest absolute Gasteiger partial charge is 0.416 e. The van der Waals surface area contributed by atoms with Crippen molar-refractivity contribution in [3.8, 4) is 0 Å². The van der Waals surface area contributed by atoms with Crippen molar-refractivity contribution in [1.82, 2.24) is 20.2 Å². The first-order valence-electron chi connectivity index (χ1n) is 13.3. The number of alkyl halides is 3. The van der Waals surface area contributed by atoms with Gasteiger partial charge in [0.1, 0.15) is 17.7 Å². The van der Waals surface area contributed by atoms with Gasteiger partial charge in [0, 0.05) is 43.3 Å². The number of piperazine rings is 1. The Labute approximate surface area is 221 Å². The van der Waals surface area contributed by atoms with E-state index in [9.17, 15) is 23.1 Å². The zero-order valence-electron chi connectivity index (χ0n) is 22.3. The van der Waals surface area contributed by atoms with Crippen LogP contribution >= 0.6 is 0 Å². The van der Waals surface area contributed by atoms with Gasteiger partial charge in [-0.2, -0.15) is 13.2 Å². The number of nitrogens with one attached hydrogen (secondary N) is 1. The predicted octanol–water partition coefficient (Wildman–Crippen LogP) is 4.17. The van der Waals surface area contributed by atoms with E-state index in [0.717, 1.165) is 36.4 Å². The van der Waals surface area contributed by atoms with Crippen LogP contribution < -0.4 is 10.2 Å². The van der Waals surface area contributed by atoms with Crippen LogP contribution in [0, 0.1) is 0 Å². The molecule has 1 aliphatic carbocycles. The van der Waals surface area contributed by atoms with Gasteiger partial charge in [-0.3, -0.25) is 4.79 Å². The summed E-state index contributed by atoms with van der Waals surface area (Å²) in [6.07, 6.45) is -0.682. The summed E-state index contributed by atoms with van der Waals surface area (Å²) in [7, 11) is 0. The van der Waals surface area contributed by atoms with Gasteiger partial charge in [-0.25, -0.2) is 9.97 Å². The Hall–Kier alpha value is -2.72. The molecular weight excluding hydrogens is 495 g/mol. The van der Waals surface area contributed by atoms with Gasteiger partial charge in [-0.05, 0) is 63.6 Å². The van der Waals surface area contributed by atoms with Gasteiger partial charge >= 0.3 is 6.18 Å². The zero-order chi connectivity index (χ0) is 27.5. The maximum absolute atomic E-state index is 13.9. The molecule has 2 saturated heterocycles. The topological polar surface area (TPSA) is 81.6 Å². The van der Waals surface area contributed by atoms with Gasteiger partial charge in [0.2, 0.25) is 5.91 Å². The van der Waals surface area contributed by atoms with Crippen molar-refractivity contribution in [2.45, 2.75) is 82.2 Å². The Balaban J connectivity index is 1.35. The smallest absolute Gasteiger partial charge is 0.384 e. The van der Waals surface area contributed by atoms with Crippen molar-refractivity contribution in [1.29, 1.82) is 0 Å². The van der Waals surface area contributed by atoms with Crippen LogP contribution in [-0.4, -0.2) is 63.6 Å². The number of anilines is 1. The van der Waals surface area contributed by atoms with E-state index in [1.807, 2.05) is 4.90 Å². The molecule has 5 rings (SSSR count). The van der Waals surface area contributed by atoms with E-state index in [-0.39, 0.29) is 23.4 Å². The number of hydrogen-bond donors (Lipinski definition) is 2. The van der Waals surface area contributed by atoms with Crippen LogP contribution in [0.1, 0.15) is 81.2 Å². The molecule has 0 unspecified atom stereocenters. The highest BCUT2D eigenvalue weighted by Crippen LogP contribution is 2.46. The SMILES string of the molecule is C[C@@H]1C[C@@](C)(O)c2ncnc(N3CCN(C(=O)[C@@H](c4ccc(C(F)(F)F)cc4)[C@@H]4CCC(C)(C)N4)CC3)c21. The molecule has 7 nitrogen and oxygen atoms in total. The van der Waals surface area contributed by atoms with Crippen molar-refractivity contribution in [2.75, 3.05) is 31.1 Å². The minimum Gasteiger partial charge on any atom is -0.384 e. The fraction of sp³-hybridized carbons (Fsp3) is 0.607. The Morgan fingerprint density at radius 1 is 1.11 bits per heavy atom. The molecule has 2 N–H and O–H groups in total. The average molecular weight is 532 g/mol. The number of halogens is 3. The standard InChI is InChI=1S/C28H36F3N5O2/c1-17-15-27(4,38)23-21(17)24(33-16-32-23)35-11-13-36(14-12-35)25(37)22(20-9-10-26(2,3)34-20)18-5-7-19(8-6-18)28(29,30)31/h5-8,16-17,20,22,34,38H,9-15H2,1-4H3/t17-,20+,22+,27-/m1/s1. The minimum absolute atomic E-state index is 0.0659. The molecule has 206 valence electrons. The second-order valence-corrected chi connectivity index (χ2v) is 11.9. The normalized spacial score (nSPS) is 27.9. The fourth-order valence-corrected chi connectivity index (χ4v) is 6.49. The van der Waals surface area contributed by atoms with E-state index in [4.69, 9.17) is 0 Å². The van der Waals surface area contributed by atoms with Gasteiger partial charge in [0.05, 0.1) is 17.2 Å². The second-order valence-electron chi connectivity index (χ2n) is 11.9. The fourth-order valence-electron chi connectivity index (χ4n) is 6.49. The number of benzene rings is 1. The summed E-state index contributed by atoms with van der Waals surface area (Å²) in [5, 5.41) is 14.3. The van der Waals surface area contributed by atoms with Crippen LogP contribution in [0.5, 0.6) is 0 Å². The number of aromatic nitrogens is 2. The summed E-state index contributed by atoms with van der Waals surface area (Å²) in [4.78, 5) is 26.8. The molecular formula is C28H36F3N5O2. The van der Waals surface area contributed by atoms with Crippen molar-refractivity contribution in [3.05, 3.63) is 53.0 Å². The number of carbonyl (C=O) groups excluding carboxylic acids is 1. The summed E-state index contributed by atoms with van der Waals surface area (Å²) in [6.45, 7) is 10.1. The van der Waals surface area contributed by atoms with Crippen LogP contribution in [0.15, 0.2) is 30.6 Å². The van der Waals surface area contributed by atoms with E-state index in [1.165, 1.54) is 18.5 Å². The third-order valence-corrected chi connectivity index (χ3v) is 8.38. The molecule has 0 spiro atoms. The summed E-state index contributed by atoms with van der Waals surface area (Å²) in [5.41, 5.74) is 0.403. The molecule has 1 amide bonds. The number of carbonyl (C=O) groups is 1. The predicted molar refractivity (Wildman–Crippen MR) is 138 cm³/mol. The summed E-state index contributed by atoms with van der Waals surface area (Å²) < 4.78 is 39.6. The lowest BCUT2D eigenvalue weighted by Gasteiger charge is -2.39. The molecule has 4 atom stereocenters. The number of hydrogen-bond acceptors (Lipinski definition) is 6. The zero-order valence-corrected chi connectivity index (χ0v) is 22.3. The lowest BCUT2D eigenvalue weighted by atomic mass is 9.88. The number of nitrogens with zero attached hydrogens (tertiary/aromatic N) is 4. The highest BCUT2D eigenvalue weighted by atomic mass is 19.4. The Morgan fingerprint density at radius 3 is 2.34 bits per heavy atom. The van der Waals surface area contributed by atoms with Gasteiger partial charge in [-0.15, -0.1) is 0 Å². The Kier molecular flexibility index (Phi) is 6.70. The summed E-state index contributed by atoms with van der Waals surface area (Å²) in [5.74, 6) is 0.301. The lowest BCUT2D eigenvalue weighted by Crippen LogP contribution is -2.53. The van der Waals surface area contributed by atoms with Crippen molar-refractivity contribution >= 4 is 11.7 Å². The number of rotatable bonds is 4. The monoisotopic (exact) mass is 531 g/mol. The van der Waals surface area contributed by atoms with Gasteiger partial charge in [0.15, 0.2) is 0 Å². The molecule has 0 bridgehead atoms. The molecule has 3 heterocycles. The molecule has 2 aliphatic heterocycles. The molecule has 2 aromatic rings. The third kappa shape index (κ3) is 5.00. The second kappa shape index (κ2) is 9.48. The van der Waals surface area contributed by atoms with Crippen molar-refractivity contribution in [2.24, 2.45) is 0 Å². The van der Waals surface area contributed by atoms with Crippen molar-refractivity contribution < 1.29 is 23.1 Å². The van der Waals surface area contributed by atoms with E-state index in [0.29, 0.717) is 43.9 Å². The first-order chi connectivity index (χ1) is 17.8. The molecule has 1 aromatic carbocycles. The Morgan fingerprint density at radius 2 is 1.76 bits per heavy atom. The highest BCUT2D eigenvalue weighted by molar-refractivity contribution is 5.85. The molecule has 0 radical (unpaired) electrons. The lowest BCUT2D eigenvalue weighted by molar-refractivity contribution is -0.137. The first kappa shape index (κ1) is 26.9. The van der Waals surface area contributed by atoms with E-state index < -0.39 is 23.3 Å². The molecule has 2 fully saturated rings. The summed E-state index contributed by atoms with van der Waals surface area (Å²) >= 11 is 0. The molecule has 0 saturated carbocycles. The molecule has 38 heavy (non-hydrogen) atoms.